The molecule has 3 aromatic heterocycles. The first kappa shape index (κ1) is 28.1. The van der Waals surface area contributed by atoms with Crippen LogP contribution in [0.2, 0.25) is 0 Å². The lowest BCUT2D eigenvalue weighted by Gasteiger charge is -2.24. The van der Waals surface area contributed by atoms with Crippen LogP contribution in [0, 0.1) is 2.88 Å². The van der Waals surface area contributed by atoms with Crippen molar-refractivity contribution in [3.8, 4) is 16.9 Å². The normalized spacial score (nSPS) is 11.2. The summed E-state index contributed by atoms with van der Waals surface area (Å²) in [7, 11) is 1.62. The Morgan fingerprint density at radius 2 is 1.64 bits per heavy atom. The van der Waals surface area contributed by atoms with Crippen molar-refractivity contribution in [2.24, 2.45) is 0 Å². The number of thiophene rings is 1. The fraction of sp³-hybridized carbons (Fsp3) is 0.118. The molecule has 0 saturated heterocycles. The Morgan fingerprint density at radius 1 is 0.929 bits per heavy atom. The Labute approximate surface area is 260 Å². The number of amides is 1. The Morgan fingerprint density at radius 3 is 2.36 bits per heavy atom. The Bertz CT molecular complexity index is 1920. The molecule has 6 aromatic rings. The number of hydrogen-bond acceptors (Lipinski definition) is 5. The van der Waals surface area contributed by atoms with Gasteiger partial charge in [-0.2, -0.15) is 0 Å². The average molecular weight is 687 g/mol. The molecular formula is C34H27IN2O4S. The first-order valence-corrected chi connectivity index (χ1v) is 15.3. The second kappa shape index (κ2) is 12.5. The number of nitrogens with zero attached hydrogens (tertiary/aromatic N) is 2. The highest BCUT2D eigenvalue weighted by atomic mass is 127. The van der Waals surface area contributed by atoms with E-state index in [-0.39, 0.29) is 11.5 Å². The van der Waals surface area contributed by atoms with E-state index >= 15 is 0 Å². The van der Waals surface area contributed by atoms with E-state index in [4.69, 9.17) is 9.47 Å². The number of methoxy groups -OCH3 is 1. The first-order chi connectivity index (χ1) is 20.5. The molecule has 8 heteroatoms. The van der Waals surface area contributed by atoms with Gasteiger partial charge in [-0.25, -0.2) is 0 Å². The first-order valence-electron chi connectivity index (χ1n) is 13.4. The number of benzene rings is 3. The minimum absolute atomic E-state index is 0.187. The molecule has 210 valence electrons. The minimum atomic E-state index is -0.198. The zero-order chi connectivity index (χ0) is 29.1. The number of ether oxygens (including phenoxy) is 2. The van der Waals surface area contributed by atoms with Crippen LogP contribution in [0.5, 0.6) is 5.75 Å². The zero-order valence-electron chi connectivity index (χ0n) is 22.8. The standard InChI is InChI=1S/C34H27IN2O4S/c1-40-19-18-36(26-10-6-3-7-11-26)34(39)29-21-28(33(38)37-17-16-25-20-30(35)42-32(25)31(29)37)24-12-14-27(15-13-24)41-22-23-8-4-2-5-9-23/h2-17,20-21H,18-19,22H2,1H3. The minimum Gasteiger partial charge on any atom is -0.489 e. The van der Waals surface area contributed by atoms with Crippen LogP contribution in [0.3, 0.4) is 0 Å². The van der Waals surface area contributed by atoms with Crippen LogP contribution in [0.4, 0.5) is 5.69 Å². The van der Waals surface area contributed by atoms with Crippen LogP contribution < -0.4 is 15.2 Å². The summed E-state index contributed by atoms with van der Waals surface area (Å²) in [6.45, 7) is 1.18. The van der Waals surface area contributed by atoms with Gasteiger partial charge in [0, 0.05) is 31.1 Å². The van der Waals surface area contributed by atoms with Gasteiger partial charge in [0.2, 0.25) is 0 Å². The van der Waals surface area contributed by atoms with Crippen LogP contribution >= 0.6 is 33.9 Å². The molecule has 0 bridgehead atoms. The molecule has 0 aliphatic rings. The summed E-state index contributed by atoms with van der Waals surface area (Å²) in [5, 5.41) is 0.994. The molecule has 6 nitrogen and oxygen atoms in total. The molecule has 6 rings (SSSR count). The number of para-hydroxylation sites is 1. The van der Waals surface area contributed by atoms with E-state index in [1.807, 2.05) is 91.0 Å². The number of hydrogen-bond donors (Lipinski definition) is 0. The van der Waals surface area contributed by atoms with Gasteiger partial charge in [0.05, 0.1) is 25.3 Å². The topological polar surface area (TPSA) is 60.2 Å². The quantitative estimate of drug-likeness (QED) is 0.147. The van der Waals surface area contributed by atoms with E-state index in [1.165, 1.54) is 0 Å². The van der Waals surface area contributed by atoms with E-state index in [0.717, 1.165) is 24.2 Å². The Balaban J connectivity index is 1.47. The predicted octanol–water partition coefficient (Wildman–Crippen LogP) is 7.66. The van der Waals surface area contributed by atoms with Gasteiger partial charge in [-0.05, 0) is 81.6 Å². The predicted molar refractivity (Wildman–Crippen MR) is 178 cm³/mol. The highest BCUT2D eigenvalue weighted by Crippen LogP contribution is 2.34. The van der Waals surface area contributed by atoms with Gasteiger partial charge in [-0.1, -0.05) is 60.7 Å². The van der Waals surface area contributed by atoms with Gasteiger partial charge in [0.1, 0.15) is 12.4 Å². The second-order valence-electron chi connectivity index (χ2n) is 9.73. The fourth-order valence-corrected chi connectivity index (χ4v) is 6.90. The molecule has 0 atom stereocenters. The monoisotopic (exact) mass is 686 g/mol. The second-order valence-corrected chi connectivity index (χ2v) is 12.7. The molecule has 42 heavy (non-hydrogen) atoms. The number of fused-ring (bicyclic) bond motifs is 3. The summed E-state index contributed by atoms with van der Waals surface area (Å²) >= 11 is 3.85. The molecule has 3 aromatic carbocycles. The van der Waals surface area contributed by atoms with Gasteiger partial charge >= 0.3 is 0 Å². The number of anilines is 1. The van der Waals surface area contributed by atoms with Crippen LogP contribution in [-0.2, 0) is 11.3 Å². The Hall–Kier alpha value is -3.99. The van der Waals surface area contributed by atoms with Crippen molar-refractivity contribution in [1.29, 1.82) is 0 Å². The zero-order valence-corrected chi connectivity index (χ0v) is 25.8. The van der Waals surface area contributed by atoms with Gasteiger partial charge in [-0.15, -0.1) is 11.3 Å². The van der Waals surface area contributed by atoms with Crippen LogP contribution in [0.1, 0.15) is 15.9 Å². The smallest absolute Gasteiger partial charge is 0.263 e. The van der Waals surface area contributed by atoms with Crippen molar-refractivity contribution in [3.05, 3.63) is 134 Å². The van der Waals surface area contributed by atoms with Crippen molar-refractivity contribution < 1.29 is 14.3 Å². The molecule has 0 aliphatic carbocycles. The lowest BCUT2D eigenvalue weighted by Crippen LogP contribution is -2.35. The van der Waals surface area contributed by atoms with Gasteiger partial charge < -0.3 is 14.4 Å². The third kappa shape index (κ3) is 5.70. The molecule has 0 spiro atoms. The van der Waals surface area contributed by atoms with E-state index in [9.17, 15) is 9.59 Å². The molecule has 1 amide bonds. The summed E-state index contributed by atoms with van der Waals surface area (Å²) in [4.78, 5) is 30.1. The van der Waals surface area contributed by atoms with Crippen molar-refractivity contribution in [1.82, 2.24) is 4.40 Å². The summed E-state index contributed by atoms with van der Waals surface area (Å²) in [5.74, 6) is 0.500. The maximum Gasteiger partial charge on any atom is 0.263 e. The number of carbonyl (C=O) groups is 1. The van der Waals surface area contributed by atoms with E-state index in [2.05, 4.69) is 28.7 Å². The van der Waals surface area contributed by atoms with E-state index in [1.54, 1.807) is 40.0 Å². The largest absolute Gasteiger partial charge is 0.489 e. The molecule has 0 saturated carbocycles. The summed E-state index contributed by atoms with van der Waals surface area (Å²) < 4.78 is 14.9. The lowest BCUT2D eigenvalue weighted by atomic mass is 10.0. The number of rotatable bonds is 9. The fourth-order valence-electron chi connectivity index (χ4n) is 4.97. The summed E-state index contributed by atoms with van der Waals surface area (Å²) in [6, 6.07) is 32.7. The summed E-state index contributed by atoms with van der Waals surface area (Å²) in [6.07, 6.45) is 1.77. The van der Waals surface area contributed by atoms with Crippen molar-refractivity contribution >= 4 is 61.1 Å². The molecule has 0 N–H and O–H groups in total. The van der Waals surface area contributed by atoms with Gasteiger partial charge in [-0.3, -0.25) is 14.0 Å². The number of halogens is 1. The number of carbonyl (C=O) groups excluding carboxylic acids is 1. The number of pyridine rings is 2. The SMILES string of the molecule is COCCN(C(=O)c1cc(-c2ccc(OCc3ccccc3)cc2)c(=O)n2ccc3cc(I)sc3c12)c1ccccc1. The molecule has 0 unspecified atom stereocenters. The van der Waals surface area contributed by atoms with Gasteiger partial charge in [0.15, 0.2) is 0 Å². The van der Waals surface area contributed by atoms with Crippen molar-refractivity contribution in [2.75, 3.05) is 25.2 Å². The maximum absolute atomic E-state index is 14.4. The molecule has 3 heterocycles. The van der Waals surface area contributed by atoms with Crippen LogP contribution in [0.15, 0.2) is 114 Å². The highest BCUT2D eigenvalue weighted by Gasteiger charge is 2.24. The summed E-state index contributed by atoms with van der Waals surface area (Å²) in [5.41, 5.74) is 3.86. The molecule has 0 aliphatic heterocycles. The molecular weight excluding hydrogens is 659 g/mol. The van der Waals surface area contributed by atoms with Crippen LogP contribution in [0.25, 0.3) is 26.7 Å². The van der Waals surface area contributed by atoms with Crippen molar-refractivity contribution in [2.45, 2.75) is 6.61 Å². The van der Waals surface area contributed by atoms with E-state index in [0.29, 0.717) is 47.7 Å². The maximum atomic E-state index is 14.4. The van der Waals surface area contributed by atoms with Gasteiger partial charge in [0.25, 0.3) is 11.5 Å². The number of aromatic nitrogens is 1. The van der Waals surface area contributed by atoms with E-state index < -0.39 is 0 Å². The lowest BCUT2D eigenvalue weighted by molar-refractivity contribution is 0.0977. The Kier molecular flexibility index (Phi) is 8.36. The van der Waals surface area contributed by atoms with Crippen molar-refractivity contribution in [3.63, 3.8) is 0 Å². The third-order valence-corrected chi connectivity index (χ3v) is 8.98. The molecule has 0 fully saturated rings. The van der Waals surface area contributed by atoms with Crippen LogP contribution in [-0.4, -0.2) is 30.6 Å². The molecule has 0 radical (unpaired) electrons. The average Bonchev–Trinajstić information content (AvgIpc) is 3.42. The third-order valence-electron chi connectivity index (χ3n) is 7.06. The highest BCUT2D eigenvalue weighted by molar-refractivity contribution is 14.1.